The van der Waals surface area contributed by atoms with Crippen molar-refractivity contribution in [3.8, 4) is 0 Å². The van der Waals surface area contributed by atoms with Crippen LogP contribution in [-0.2, 0) is 13.6 Å². The van der Waals surface area contributed by atoms with E-state index in [4.69, 9.17) is 14.2 Å². The molecule has 0 aromatic heterocycles. The second kappa shape index (κ2) is 6.96. The van der Waals surface area contributed by atoms with E-state index < -0.39 is 7.60 Å². The second-order valence-corrected chi connectivity index (χ2v) is 5.81. The van der Waals surface area contributed by atoms with Gasteiger partial charge in [0.15, 0.2) is 0 Å². The summed E-state index contributed by atoms with van der Waals surface area (Å²) >= 11 is 3.17. The van der Waals surface area contributed by atoms with Gasteiger partial charge in [-0.05, 0) is 13.8 Å². The number of hydrogen-bond donors (Lipinski definition) is 1. The number of hydrogen-bond acceptors (Lipinski definition) is 4. The molecule has 0 aliphatic rings. The molecule has 0 saturated heterocycles. The Kier molecular flexibility index (Phi) is 7.27. The first kappa shape index (κ1) is 13.6. The lowest BCUT2D eigenvalue weighted by atomic mass is 10.5. The fourth-order valence-electron chi connectivity index (χ4n) is 0.836. The Bertz CT molecular complexity index is 166. The lowest BCUT2D eigenvalue weighted by molar-refractivity contribution is 0.216. The second-order valence-electron chi connectivity index (χ2n) is 2.41. The number of aliphatic hydroxyl groups is 1. The van der Waals surface area contributed by atoms with Crippen LogP contribution in [0.3, 0.4) is 0 Å². The Balaban J connectivity index is 4.14. The molecule has 0 aliphatic carbocycles. The SMILES string of the molecule is CCOP(=O)(CC(Br)CO)OCC. The molecule has 1 N–H and O–H groups in total. The summed E-state index contributed by atoms with van der Waals surface area (Å²) in [7, 11) is -3.00. The van der Waals surface area contributed by atoms with E-state index in [-0.39, 0.29) is 17.6 Å². The number of rotatable bonds is 7. The molecule has 0 bridgehead atoms. The molecule has 0 rings (SSSR count). The van der Waals surface area contributed by atoms with Gasteiger partial charge in [-0.15, -0.1) is 0 Å². The summed E-state index contributed by atoms with van der Waals surface area (Å²) in [5, 5.41) is 8.76. The molecule has 0 saturated carbocycles. The highest BCUT2D eigenvalue weighted by Crippen LogP contribution is 2.49. The van der Waals surface area contributed by atoms with Gasteiger partial charge in [0.2, 0.25) is 0 Å². The Labute approximate surface area is 87.3 Å². The van der Waals surface area contributed by atoms with Gasteiger partial charge in [-0.2, -0.15) is 0 Å². The summed E-state index contributed by atoms with van der Waals surface area (Å²) in [6.07, 6.45) is 0.200. The fourth-order valence-corrected chi connectivity index (χ4v) is 3.57. The van der Waals surface area contributed by atoms with Crippen molar-refractivity contribution in [2.24, 2.45) is 0 Å². The quantitative estimate of drug-likeness (QED) is 0.570. The van der Waals surface area contributed by atoms with Gasteiger partial charge in [-0.3, -0.25) is 4.57 Å². The van der Waals surface area contributed by atoms with Crippen LogP contribution in [0, 0.1) is 0 Å². The van der Waals surface area contributed by atoms with Gasteiger partial charge in [-0.1, -0.05) is 15.9 Å². The van der Waals surface area contributed by atoms with E-state index in [1.807, 2.05) is 0 Å². The molecule has 0 radical (unpaired) electrons. The van der Waals surface area contributed by atoms with Gasteiger partial charge < -0.3 is 14.2 Å². The minimum absolute atomic E-state index is 0.0792. The Morgan fingerprint density at radius 2 is 1.85 bits per heavy atom. The molecular formula is C7H16BrO4P. The molecule has 4 nitrogen and oxygen atoms in total. The van der Waals surface area contributed by atoms with Crippen LogP contribution >= 0.6 is 23.5 Å². The van der Waals surface area contributed by atoms with Crippen LogP contribution in [0.4, 0.5) is 0 Å². The molecule has 13 heavy (non-hydrogen) atoms. The van der Waals surface area contributed by atoms with Gasteiger partial charge in [0, 0.05) is 4.83 Å². The third-order valence-corrected chi connectivity index (χ3v) is 4.58. The maximum absolute atomic E-state index is 11.8. The van der Waals surface area contributed by atoms with Crippen LogP contribution in [0.1, 0.15) is 13.8 Å². The number of halogens is 1. The molecular weight excluding hydrogens is 259 g/mol. The molecule has 0 spiro atoms. The lowest BCUT2D eigenvalue weighted by Crippen LogP contribution is -2.13. The fraction of sp³-hybridized carbons (Fsp3) is 1.00. The first-order valence-electron chi connectivity index (χ1n) is 4.21. The van der Waals surface area contributed by atoms with Crippen LogP contribution in [0.5, 0.6) is 0 Å². The topological polar surface area (TPSA) is 55.8 Å². The number of alkyl halides is 1. The maximum Gasteiger partial charge on any atom is 0.331 e. The van der Waals surface area contributed by atoms with E-state index in [1.165, 1.54) is 0 Å². The zero-order valence-electron chi connectivity index (χ0n) is 7.90. The standard InChI is InChI=1S/C7H16BrO4P/c1-3-11-13(10,12-4-2)6-7(8)5-9/h7,9H,3-6H2,1-2H3. The van der Waals surface area contributed by atoms with E-state index in [2.05, 4.69) is 15.9 Å². The zero-order chi connectivity index (χ0) is 10.3. The smallest absolute Gasteiger partial charge is 0.331 e. The summed E-state index contributed by atoms with van der Waals surface area (Å²) in [5.74, 6) is 0. The van der Waals surface area contributed by atoms with Crippen LogP contribution < -0.4 is 0 Å². The molecule has 0 heterocycles. The minimum atomic E-state index is -3.00. The van der Waals surface area contributed by atoms with E-state index in [9.17, 15) is 4.57 Å². The van der Waals surface area contributed by atoms with Crippen molar-refractivity contribution < 1.29 is 18.7 Å². The van der Waals surface area contributed by atoms with E-state index in [0.29, 0.717) is 13.2 Å². The minimum Gasteiger partial charge on any atom is -0.395 e. The maximum atomic E-state index is 11.8. The van der Waals surface area contributed by atoms with Gasteiger partial charge in [0.1, 0.15) is 0 Å². The Morgan fingerprint density at radius 1 is 1.38 bits per heavy atom. The highest BCUT2D eigenvalue weighted by molar-refractivity contribution is 9.09. The van der Waals surface area contributed by atoms with Gasteiger partial charge in [0.05, 0.1) is 26.0 Å². The Hall–Kier alpha value is 0.590. The highest BCUT2D eigenvalue weighted by atomic mass is 79.9. The van der Waals surface area contributed by atoms with Crippen molar-refractivity contribution in [3.63, 3.8) is 0 Å². The Morgan fingerprint density at radius 3 is 2.15 bits per heavy atom. The third kappa shape index (κ3) is 5.81. The largest absolute Gasteiger partial charge is 0.395 e. The van der Waals surface area contributed by atoms with Crippen molar-refractivity contribution in [1.82, 2.24) is 0 Å². The summed E-state index contributed by atoms with van der Waals surface area (Å²) in [6, 6.07) is 0. The van der Waals surface area contributed by atoms with Gasteiger partial charge >= 0.3 is 7.60 Å². The summed E-state index contributed by atoms with van der Waals surface area (Å²) < 4.78 is 21.9. The molecule has 1 atom stereocenters. The van der Waals surface area contributed by atoms with E-state index in [0.717, 1.165) is 0 Å². The third-order valence-electron chi connectivity index (χ3n) is 1.27. The molecule has 0 fully saturated rings. The molecule has 0 amide bonds. The number of aliphatic hydroxyl groups excluding tert-OH is 1. The van der Waals surface area contributed by atoms with Crippen LogP contribution in [0.25, 0.3) is 0 Å². The molecule has 80 valence electrons. The predicted molar refractivity (Wildman–Crippen MR) is 55.5 cm³/mol. The zero-order valence-corrected chi connectivity index (χ0v) is 10.4. The average molecular weight is 275 g/mol. The average Bonchev–Trinajstić information content (AvgIpc) is 2.04. The summed E-state index contributed by atoms with van der Waals surface area (Å²) in [4.78, 5) is -0.239. The van der Waals surface area contributed by atoms with Crippen molar-refractivity contribution in [1.29, 1.82) is 0 Å². The van der Waals surface area contributed by atoms with Crippen molar-refractivity contribution in [3.05, 3.63) is 0 Å². The summed E-state index contributed by atoms with van der Waals surface area (Å²) in [5.41, 5.74) is 0. The predicted octanol–water partition coefficient (Wildman–Crippen LogP) is 2.01. The van der Waals surface area contributed by atoms with Crippen molar-refractivity contribution in [2.75, 3.05) is 26.0 Å². The van der Waals surface area contributed by atoms with E-state index >= 15 is 0 Å². The molecule has 0 aliphatic heterocycles. The highest BCUT2D eigenvalue weighted by Gasteiger charge is 2.26. The van der Waals surface area contributed by atoms with Crippen molar-refractivity contribution in [2.45, 2.75) is 18.7 Å². The molecule has 0 aromatic rings. The monoisotopic (exact) mass is 274 g/mol. The molecule has 1 unspecified atom stereocenters. The molecule has 6 heteroatoms. The van der Waals surface area contributed by atoms with E-state index in [1.54, 1.807) is 13.8 Å². The molecule has 0 aromatic carbocycles. The van der Waals surface area contributed by atoms with Crippen LogP contribution in [-0.4, -0.2) is 35.9 Å². The van der Waals surface area contributed by atoms with Gasteiger partial charge in [-0.25, -0.2) is 0 Å². The summed E-state index contributed by atoms with van der Waals surface area (Å²) in [6.45, 7) is 4.14. The first-order valence-corrected chi connectivity index (χ1v) is 6.85. The van der Waals surface area contributed by atoms with Crippen LogP contribution in [0.2, 0.25) is 0 Å². The van der Waals surface area contributed by atoms with Crippen molar-refractivity contribution >= 4 is 23.5 Å². The van der Waals surface area contributed by atoms with Gasteiger partial charge in [0.25, 0.3) is 0 Å². The normalized spacial score (nSPS) is 14.5. The lowest BCUT2D eigenvalue weighted by Gasteiger charge is -2.18. The first-order chi connectivity index (χ1) is 6.08. The van der Waals surface area contributed by atoms with Crippen LogP contribution in [0.15, 0.2) is 0 Å².